The van der Waals surface area contributed by atoms with E-state index >= 15 is 0 Å². The maximum Gasteiger partial charge on any atom is 0.223 e. The summed E-state index contributed by atoms with van der Waals surface area (Å²) in [5.74, 6) is 0.734. The van der Waals surface area contributed by atoms with Crippen LogP contribution in [0.5, 0.6) is 5.75 Å². The van der Waals surface area contributed by atoms with E-state index in [4.69, 9.17) is 4.74 Å². The number of nitrogens with zero attached hydrogens (tertiary/aromatic N) is 1. The lowest BCUT2D eigenvalue weighted by molar-refractivity contribution is -0.114. The summed E-state index contributed by atoms with van der Waals surface area (Å²) in [4.78, 5) is 16.4. The first kappa shape index (κ1) is 13.5. The van der Waals surface area contributed by atoms with Gasteiger partial charge in [-0.15, -0.1) is 0 Å². The lowest BCUT2D eigenvalue weighted by Gasteiger charge is -2.04. The smallest absolute Gasteiger partial charge is 0.223 e. The largest absolute Gasteiger partial charge is 0.494 e. The van der Waals surface area contributed by atoms with Gasteiger partial charge in [-0.2, -0.15) is 0 Å². The molecule has 0 aliphatic carbocycles. The first-order valence-corrected chi connectivity index (χ1v) is 6.90. The van der Waals surface area contributed by atoms with E-state index in [9.17, 15) is 4.79 Å². The second-order valence-electron chi connectivity index (χ2n) is 4.08. The van der Waals surface area contributed by atoms with Crippen molar-refractivity contribution < 1.29 is 9.53 Å². The van der Waals surface area contributed by atoms with Crippen LogP contribution in [0, 0.1) is 6.92 Å². The first-order valence-electron chi connectivity index (χ1n) is 6.08. The third-order valence-electron chi connectivity index (χ3n) is 2.49. The fraction of sp³-hybridized carbons (Fsp3) is 0.286. The minimum Gasteiger partial charge on any atom is -0.494 e. The number of benzene rings is 1. The van der Waals surface area contributed by atoms with Gasteiger partial charge in [0.05, 0.1) is 17.2 Å². The van der Waals surface area contributed by atoms with Gasteiger partial charge < -0.3 is 10.1 Å². The molecule has 0 radical (unpaired) electrons. The van der Waals surface area contributed by atoms with Crippen molar-refractivity contribution in [3.05, 3.63) is 30.0 Å². The van der Waals surface area contributed by atoms with E-state index in [1.54, 1.807) is 0 Å². The molecule has 2 aromatic rings. The number of carbonyl (C=O) groups excluding carboxylic acids is 1. The summed E-state index contributed by atoms with van der Waals surface area (Å²) < 4.78 is 5.49. The van der Waals surface area contributed by atoms with Crippen molar-refractivity contribution in [1.82, 2.24) is 4.98 Å². The van der Waals surface area contributed by atoms with Crippen LogP contribution in [-0.4, -0.2) is 17.5 Å². The fourth-order valence-electron chi connectivity index (χ4n) is 1.76. The molecule has 100 valence electrons. The zero-order valence-corrected chi connectivity index (χ0v) is 12.0. The van der Waals surface area contributed by atoms with Gasteiger partial charge in [-0.3, -0.25) is 4.79 Å². The quantitative estimate of drug-likeness (QED) is 0.930. The van der Waals surface area contributed by atoms with Gasteiger partial charge >= 0.3 is 0 Å². The zero-order valence-electron chi connectivity index (χ0n) is 11.2. The number of hydrogen-bond donors (Lipinski definition) is 1. The van der Waals surface area contributed by atoms with Crippen molar-refractivity contribution in [3.63, 3.8) is 0 Å². The van der Waals surface area contributed by atoms with Gasteiger partial charge in [0.1, 0.15) is 5.75 Å². The molecule has 5 heteroatoms. The highest BCUT2D eigenvalue weighted by molar-refractivity contribution is 7.19. The number of rotatable bonds is 4. The normalized spacial score (nSPS) is 10.3. The van der Waals surface area contributed by atoms with Crippen LogP contribution in [0.15, 0.2) is 24.3 Å². The molecule has 1 aromatic heterocycles. The third kappa shape index (κ3) is 3.32. The molecule has 0 fully saturated rings. The Balaban J connectivity index is 2.33. The number of nitrogens with one attached hydrogen (secondary N) is 1. The van der Waals surface area contributed by atoms with Crippen molar-refractivity contribution in [3.8, 4) is 16.2 Å². The number of ether oxygens (including phenoxy) is 1. The summed E-state index contributed by atoms with van der Waals surface area (Å²) in [5.41, 5.74) is 1.96. The Kier molecular flexibility index (Phi) is 4.16. The second kappa shape index (κ2) is 5.84. The molecular formula is C14H16N2O2S. The van der Waals surface area contributed by atoms with Crippen LogP contribution in [0.2, 0.25) is 0 Å². The van der Waals surface area contributed by atoms with Crippen molar-refractivity contribution in [2.75, 3.05) is 11.9 Å². The van der Waals surface area contributed by atoms with E-state index < -0.39 is 0 Å². The van der Waals surface area contributed by atoms with Gasteiger partial charge in [0.2, 0.25) is 5.91 Å². The molecule has 0 spiro atoms. The van der Waals surface area contributed by atoms with Crippen molar-refractivity contribution in [2.45, 2.75) is 20.8 Å². The summed E-state index contributed by atoms with van der Waals surface area (Å²) >= 11 is 1.47. The molecule has 1 N–H and O–H groups in total. The van der Waals surface area contributed by atoms with Gasteiger partial charge in [-0.05, 0) is 31.5 Å². The van der Waals surface area contributed by atoms with E-state index in [0.29, 0.717) is 11.7 Å². The number of hydrogen-bond acceptors (Lipinski definition) is 4. The fourth-order valence-corrected chi connectivity index (χ4v) is 2.77. The molecule has 4 nitrogen and oxygen atoms in total. The summed E-state index contributed by atoms with van der Waals surface area (Å²) in [5, 5.41) is 3.34. The summed E-state index contributed by atoms with van der Waals surface area (Å²) in [7, 11) is 0. The van der Waals surface area contributed by atoms with E-state index in [1.165, 1.54) is 18.3 Å². The standard InChI is InChI=1S/C14H16N2O2S/c1-4-18-12-7-5-6-11(8-12)13-9(2)15-14(19-13)16-10(3)17/h5-8H,4H2,1-3H3,(H,15,16,17). The number of amides is 1. The van der Waals surface area contributed by atoms with Crippen LogP contribution in [0.3, 0.4) is 0 Å². The molecule has 0 aliphatic heterocycles. The third-order valence-corrected chi connectivity index (χ3v) is 3.61. The Morgan fingerprint density at radius 3 is 2.95 bits per heavy atom. The predicted molar refractivity (Wildman–Crippen MR) is 77.8 cm³/mol. The SMILES string of the molecule is CCOc1cccc(-c2sc(NC(C)=O)nc2C)c1. The predicted octanol–water partition coefficient (Wildman–Crippen LogP) is 3.48. The Morgan fingerprint density at radius 2 is 2.26 bits per heavy atom. The Bertz CT molecular complexity index is 593. The molecule has 1 aromatic carbocycles. The van der Waals surface area contributed by atoms with E-state index in [-0.39, 0.29) is 5.91 Å². The number of carbonyl (C=O) groups is 1. The van der Waals surface area contributed by atoms with Crippen LogP contribution < -0.4 is 10.1 Å². The molecule has 0 bridgehead atoms. The molecule has 0 aliphatic rings. The lowest BCUT2D eigenvalue weighted by atomic mass is 10.1. The Labute approximate surface area is 116 Å². The van der Waals surface area contributed by atoms with Gasteiger partial charge in [-0.25, -0.2) is 4.98 Å². The van der Waals surface area contributed by atoms with Crippen LogP contribution in [-0.2, 0) is 4.79 Å². The van der Waals surface area contributed by atoms with Gasteiger partial charge in [-0.1, -0.05) is 23.5 Å². The Morgan fingerprint density at radius 1 is 1.47 bits per heavy atom. The molecule has 0 atom stereocenters. The zero-order chi connectivity index (χ0) is 13.8. The summed E-state index contributed by atoms with van der Waals surface area (Å²) in [6.45, 7) is 6.01. The lowest BCUT2D eigenvalue weighted by Crippen LogP contribution is -2.04. The van der Waals surface area contributed by atoms with Crippen molar-refractivity contribution in [1.29, 1.82) is 0 Å². The highest BCUT2D eigenvalue weighted by atomic mass is 32.1. The van der Waals surface area contributed by atoms with Crippen LogP contribution >= 0.6 is 11.3 Å². The molecule has 19 heavy (non-hydrogen) atoms. The van der Waals surface area contributed by atoms with Gasteiger partial charge in [0, 0.05) is 6.92 Å². The van der Waals surface area contributed by atoms with Crippen LogP contribution in [0.1, 0.15) is 19.5 Å². The molecular weight excluding hydrogens is 260 g/mol. The molecule has 0 saturated heterocycles. The number of aromatic nitrogens is 1. The monoisotopic (exact) mass is 276 g/mol. The average Bonchev–Trinajstić information content (AvgIpc) is 2.70. The molecule has 2 rings (SSSR count). The average molecular weight is 276 g/mol. The van der Waals surface area contributed by atoms with Crippen molar-refractivity contribution in [2.24, 2.45) is 0 Å². The molecule has 1 amide bonds. The number of aryl methyl sites for hydroxylation is 1. The van der Waals surface area contributed by atoms with Crippen LogP contribution in [0.25, 0.3) is 10.4 Å². The molecule has 0 unspecified atom stereocenters. The first-order chi connectivity index (χ1) is 9.10. The topological polar surface area (TPSA) is 51.2 Å². The summed E-state index contributed by atoms with van der Waals surface area (Å²) in [6.07, 6.45) is 0. The Hall–Kier alpha value is -1.88. The minimum absolute atomic E-state index is 0.108. The highest BCUT2D eigenvalue weighted by Gasteiger charge is 2.11. The van der Waals surface area contributed by atoms with E-state index in [2.05, 4.69) is 10.3 Å². The molecule has 1 heterocycles. The maximum atomic E-state index is 11.0. The van der Waals surface area contributed by atoms with Gasteiger partial charge in [0.25, 0.3) is 0 Å². The number of anilines is 1. The van der Waals surface area contributed by atoms with Crippen molar-refractivity contribution >= 4 is 22.4 Å². The minimum atomic E-state index is -0.108. The maximum absolute atomic E-state index is 11.0. The second-order valence-corrected chi connectivity index (χ2v) is 5.07. The van der Waals surface area contributed by atoms with E-state index in [1.807, 2.05) is 38.1 Å². The van der Waals surface area contributed by atoms with E-state index in [0.717, 1.165) is 21.9 Å². The molecule has 0 saturated carbocycles. The summed E-state index contributed by atoms with van der Waals surface area (Å²) in [6, 6.07) is 7.89. The highest BCUT2D eigenvalue weighted by Crippen LogP contribution is 2.34. The van der Waals surface area contributed by atoms with Crippen LogP contribution in [0.4, 0.5) is 5.13 Å². The number of thiazole rings is 1. The van der Waals surface area contributed by atoms with Gasteiger partial charge in [0.15, 0.2) is 5.13 Å².